The summed E-state index contributed by atoms with van der Waals surface area (Å²) < 4.78 is 25.9. The van der Waals surface area contributed by atoms with Gasteiger partial charge in [0.25, 0.3) is 0 Å². The average molecular weight is 511 g/mol. The number of rotatable bonds is 9. The summed E-state index contributed by atoms with van der Waals surface area (Å²) in [5.41, 5.74) is 1.92. The zero-order chi connectivity index (χ0) is 26.1. The van der Waals surface area contributed by atoms with E-state index in [1.807, 2.05) is 42.3 Å². The molecule has 1 aliphatic carbocycles. The van der Waals surface area contributed by atoms with Crippen molar-refractivity contribution in [2.45, 2.75) is 25.7 Å². The summed E-state index contributed by atoms with van der Waals surface area (Å²) in [5.74, 6) is -0.0721. The molecule has 2 saturated heterocycles. The number of carbonyl (C=O) groups excluding carboxylic acids is 3. The van der Waals surface area contributed by atoms with E-state index in [1.54, 1.807) is 17.0 Å². The Morgan fingerprint density at radius 2 is 1.86 bits per heavy atom. The highest BCUT2D eigenvalue weighted by atomic mass is 19.1. The van der Waals surface area contributed by atoms with Gasteiger partial charge in [-0.05, 0) is 23.8 Å². The van der Waals surface area contributed by atoms with E-state index in [0.29, 0.717) is 42.9 Å². The molecule has 0 aromatic heterocycles. The summed E-state index contributed by atoms with van der Waals surface area (Å²) >= 11 is 0. The van der Waals surface area contributed by atoms with Crippen LogP contribution in [0.3, 0.4) is 0 Å². The molecule has 10 heteroatoms. The molecule has 4 atom stereocenters. The molecule has 3 aliphatic rings. The molecular weight excluding hydrogens is 479 g/mol. The SMILES string of the molecule is CC(=O)NC[C@H]1CN(c2ccc(N3C[C@@H]4C(N(C)C(=O)COCc5ccccc5)[C@@H]4C3)c(F)c2)C(=O)O1. The Balaban J connectivity index is 1.11. The van der Waals surface area contributed by atoms with Crippen LogP contribution in [0.4, 0.5) is 20.6 Å². The van der Waals surface area contributed by atoms with Gasteiger partial charge in [0.2, 0.25) is 11.8 Å². The maximum atomic E-state index is 15.1. The Kier molecular flexibility index (Phi) is 7.01. The van der Waals surface area contributed by atoms with Gasteiger partial charge in [-0.25, -0.2) is 9.18 Å². The lowest BCUT2D eigenvalue weighted by molar-refractivity contribution is -0.136. The fraction of sp³-hybridized carbons (Fsp3) is 0.444. The average Bonchev–Trinajstić information content (AvgIpc) is 3.18. The number of amides is 3. The Labute approximate surface area is 215 Å². The van der Waals surface area contributed by atoms with Crippen LogP contribution in [-0.4, -0.2) is 74.8 Å². The predicted molar refractivity (Wildman–Crippen MR) is 135 cm³/mol. The third-order valence-electron chi connectivity index (χ3n) is 7.36. The zero-order valence-electron chi connectivity index (χ0n) is 20.9. The summed E-state index contributed by atoms with van der Waals surface area (Å²) in [6.07, 6.45) is -1.04. The van der Waals surface area contributed by atoms with Gasteiger partial charge in [-0.2, -0.15) is 0 Å². The second kappa shape index (κ2) is 10.4. The smallest absolute Gasteiger partial charge is 0.414 e. The molecule has 0 radical (unpaired) electrons. The molecule has 2 heterocycles. The maximum Gasteiger partial charge on any atom is 0.414 e. The largest absolute Gasteiger partial charge is 0.442 e. The number of cyclic esters (lactones) is 1. The van der Waals surface area contributed by atoms with E-state index < -0.39 is 18.0 Å². The van der Waals surface area contributed by atoms with Crippen molar-refractivity contribution in [3.63, 3.8) is 0 Å². The van der Waals surface area contributed by atoms with E-state index in [0.717, 1.165) is 5.56 Å². The molecule has 0 bridgehead atoms. The molecule has 5 rings (SSSR count). The van der Waals surface area contributed by atoms with Gasteiger partial charge < -0.3 is 24.6 Å². The number of ether oxygens (including phenoxy) is 2. The lowest BCUT2D eigenvalue weighted by atomic mass is 10.2. The second-order valence-corrected chi connectivity index (χ2v) is 9.90. The van der Waals surface area contributed by atoms with E-state index in [-0.39, 0.29) is 37.6 Å². The van der Waals surface area contributed by atoms with E-state index in [1.165, 1.54) is 17.9 Å². The molecule has 37 heavy (non-hydrogen) atoms. The maximum absolute atomic E-state index is 15.1. The number of benzene rings is 2. The van der Waals surface area contributed by atoms with Gasteiger partial charge in [-0.15, -0.1) is 0 Å². The van der Waals surface area contributed by atoms with Crippen LogP contribution in [-0.2, 0) is 25.7 Å². The number of halogens is 1. The molecule has 1 N–H and O–H groups in total. The number of nitrogens with zero attached hydrogens (tertiary/aromatic N) is 3. The zero-order valence-corrected chi connectivity index (χ0v) is 20.9. The first-order valence-electron chi connectivity index (χ1n) is 12.5. The van der Waals surface area contributed by atoms with Crippen LogP contribution in [0.5, 0.6) is 0 Å². The predicted octanol–water partition coefficient (Wildman–Crippen LogP) is 2.40. The fourth-order valence-electron chi connectivity index (χ4n) is 5.38. The number of likely N-dealkylation sites (N-methyl/N-ethyl adjacent to an activating group) is 1. The van der Waals surface area contributed by atoms with Crippen LogP contribution in [0, 0.1) is 17.7 Å². The third kappa shape index (κ3) is 5.39. The Hall–Kier alpha value is -3.66. The molecular formula is C27H31FN4O5. The van der Waals surface area contributed by atoms with Crippen LogP contribution in [0.2, 0.25) is 0 Å². The van der Waals surface area contributed by atoms with Crippen molar-refractivity contribution in [1.82, 2.24) is 10.2 Å². The van der Waals surface area contributed by atoms with E-state index in [4.69, 9.17) is 9.47 Å². The van der Waals surface area contributed by atoms with Crippen molar-refractivity contribution in [1.29, 1.82) is 0 Å². The summed E-state index contributed by atoms with van der Waals surface area (Å²) in [5, 5.41) is 2.63. The first-order chi connectivity index (χ1) is 17.8. The Morgan fingerprint density at radius 1 is 1.14 bits per heavy atom. The normalized spacial score (nSPS) is 24.0. The molecule has 1 unspecified atom stereocenters. The van der Waals surface area contributed by atoms with Gasteiger partial charge in [0.15, 0.2) is 0 Å². The van der Waals surface area contributed by atoms with Crippen molar-refractivity contribution in [2.75, 3.05) is 49.6 Å². The molecule has 9 nitrogen and oxygen atoms in total. The van der Waals surface area contributed by atoms with Gasteiger partial charge >= 0.3 is 6.09 Å². The number of hydrogen-bond donors (Lipinski definition) is 1. The van der Waals surface area contributed by atoms with Gasteiger partial charge in [0.05, 0.1) is 31.1 Å². The minimum absolute atomic E-state index is 0.0335. The van der Waals surface area contributed by atoms with Crippen LogP contribution < -0.4 is 15.1 Å². The lowest BCUT2D eigenvalue weighted by Gasteiger charge is -2.26. The van der Waals surface area contributed by atoms with Crippen LogP contribution in [0.15, 0.2) is 48.5 Å². The minimum atomic E-state index is -0.562. The molecule has 196 valence electrons. The van der Waals surface area contributed by atoms with Crippen molar-refractivity contribution in [2.24, 2.45) is 11.8 Å². The number of nitrogens with one attached hydrogen (secondary N) is 1. The molecule has 2 aromatic rings. The monoisotopic (exact) mass is 510 g/mol. The lowest BCUT2D eigenvalue weighted by Crippen LogP contribution is -2.38. The molecule has 3 fully saturated rings. The van der Waals surface area contributed by atoms with Crippen molar-refractivity contribution in [3.05, 3.63) is 59.9 Å². The Morgan fingerprint density at radius 3 is 2.54 bits per heavy atom. The highest BCUT2D eigenvalue weighted by molar-refractivity contribution is 5.90. The molecule has 2 aromatic carbocycles. The fourth-order valence-corrected chi connectivity index (χ4v) is 5.38. The van der Waals surface area contributed by atoms with Gasteiger partial charge in [-0.1, -0.05) is 30.3 Å². The first kappa shape index (κ1) is 25.0. The van der Waals surface area contributed by atoms with E-state index in [9.17, 15) is 14.4 Å². The third-order valence-corrected chi connectivity index (χ3v) is 7.36. The second-order valence-electron chi connectivity index (χ2n) is 9.90. The number of anilines is 2. The minimum Gasteiger partial charge on any atom is -0.442 e. The molecule has 1 saturated carbocycles. The van der Waals surface area contributed by atoms with E-state index in [2.05, 4.69) is 5.32 Å². The van der Waals surface area contributed by atoms with Crippen molar-refractivity contribution >= 4 is 29.3 Å². The van der Waals surface area contributed by atoms with Crippen LogP contribution >= 0.6 is 0 Å². The summed E-state index contributed by atoms with van der Waals surface area (Å²) in [7, 11) is 1.81. The number of piperidine rings is 1. The summed E-state index contributed by atoms with van der Waals surface area (Å²) in [6.45, 7) is 3.61. The van der Waals surface area contributed by atoms with Gasteiger partial charge in [-0.3, -0.25) is 14.5 Å². The number of fused-ring (bicyclic) bond motifs is 1. The topological polar surface area (TPSA) is 91.4 Å². The van der Waals surface area contributed by atoms with Gasteiger partial charge in [0.1, 0.15) is 18.5 Å². The molecule has 0 spiro atoms. The van der Waals surface area contributed by atoms with Crippen LogP contribution in [0.1, 0.15) is 12.5 Å². The number of hydrogen-bond acceptors (Lipinski definition) is 6. The first-order valence-corrected chi connectivity index (χ1v) is 12.5. The van der Waals surface area contributed by atoms with Crippen LogP contribution in [0.25, 0.3) is 0 Å². The summed E-state index contributed by atoms with van der Waals surface area (Å²) in [6, 6.07) is 14.6. The Bertz CT molecular complexity index is 1170. The van der Waals surface area contributed by atoms with Gasteiger partial charge in [0, 0.05) is 44.9 Å². The molecule has 2 aliphatic heterocycles. The van der Waals surface area contributed by atoms with E-state index >= 15 is 4.39 Å². The van der Waals surface area contributed by atoms with Crippen molar-refractivity contribution < 1.29 is 28.2 Å². The standard InChI is InChI=1S/C27H31FN4O5/c1-17(33)29-11-20-12-32(27(35)37-20)19-8-9-24(23(28)10-19)31-13-21-22(14-31)26(21)30(2)25(34)16-36-15-18-6-4-3-5-7-18/h3-10,20-22,26H,11-16H2,1-2H3,(H,29,33)/t20-,21-,22+,26?/m0/s1. The summed E-state index contributed by atoms with van der Waals surface area (Å²) in [4.78, 5) is 41.1. The number of carbonyl (C=O) groups is 3. The quantitative estimate of drug-likeness (QED) is 0.557. The molecule has 3 amide bonds. The highest BCUT2D eigenvalue weighted by Gasteiger charge is 2.58. The highest BCUT2D eigenvalue weighted by Crippen LogP contribution is 2.50. The van der Waals surface area contributed by atoms with Crippen molar-refractivity contribution in [3.8, 4) is 0 Å².